The van der Waals surface area contributed by atoms with Crippen LogP contribution in [-0.4, -0.2) is 31.1 Å². The van der Waals surface area contributed by atoms with Gasteiger partial charge in [-0.1, -0.05) is 0 Å². The summed E-state index contributed by atoms with van der Waals surface area (Å²) in [6, 6.07) is 5.91. The Balaban J connectivity index is 2.51. The Hall–Kier alpha value is -2.30. The summed E-state index contributed by atoms with van der Waals surface area (Å²) >= 11 is 0. The molecule has 0 atom stereocenters. The standard InChI is InChI=1S/C13H17N5/c1-14-11-7-10(18-8-12(11)15-2)9-5-4-6-17-13(9)16-3/h4-8,15H,1-3H3,(H,14,18)(H,16,17). The average Bonchev–Trinajstić information content (AvgIpc) is 2.46. The molecular weight excluding hydrogens is 226 g/mol. The van der Waals surface area contributed by atoms with Gasteiger partial charge in [0.15, 0.2) is 0 Å². The maximum Gasteiger partial charge on any atom is 0.135 e. The van der Waals surface area contributed by atoms with Gasteiger partial charge in [0.1, 0.15) is 5.82 Å². The van der Waals surface area contributed by atoms with Gasteiger partial charge in [-0.2, -0.15) is 0 Å². The van der Waals surface area contributed by atoms with E-state index in [0.29, 0.717) is 0 Å². The van der Waals surface area contributed by atoms with Crippen LogP contribution < -0.4 is 16.0 Å². The molecule has 2 rings (SSSR count). The van der Waals surface area contributed by atoms with E-state index >= 15 is 0 Å². The van der Waals surface area contributed by atoms with E-state index in [-0.39, 0.29) is 0 Å². The summed E-state index contributed by atoms with van der Waals surface area (Å²) in [5.74, 6) is 0.823. The maximum atomic E-state index is 4.45. The zero-order valence-electron chi connectivity index (χ0n) is 10.8. The molecule has 0 spiro atoms. The van der Waals surface area contributed by atoms with Crippen molar-refractivity contribution >= 4 is 17.2 Å². The smallest absolute Gasteiger partial charge is 0.135 e. The molecule has 0 amide bonds. The third-order valence-electron chi connectivity index (χ3n) is 2.76. The summed E-state index contributed by atoms with van der Waals surface area (Å²) < 4.78 is 0. The number of nitrogens with one attached hydrogen (secondary N) is 3. The van der Waals surface area contributed by atoms with Crippen molar-refractivity contribution in [2.24, 2.45) is 0 Å². The summed E-state index contributed by atoms with van der Waals surface area (Å²) in [6.45, 7) is 0. The Morgan fingerprint density at radius 3 is 2.39 bits per heavy atom. The highest BCUT2D eigenvalue weighted by Crippen LogP contribution is 2.29. The van der Waals surface area contributed by atoms with Crippen LogP contribution in [0.15, 0.2) is 30.6 Å². The molecule has 5 heteroatoms. The summed E-state index contributed by atoms with van der Waals surface area (Å²) in [6.07, 6.45) is 3.57. The minimum atomic E-state index is 0.823. The van der Waals surface area contributed by atoms with Crippen LogP contribution in [0.1, 0.15) is 0 Å². The van der Waals surface area contributed by atoms with E-state index in [1.165, 1.54) is 0 Å². The van der Waals surface area contributed by atoms with Gasteiger partial charge >= 0.3 is 0 Å². The van der Waals surface area contributed by atoms with Gasteiger partial charge in [0, 0.05) is 32.9 Å². The molecule has 2 heterocycles. The number of aromatic nitrogens is 2. The maximum absolute atomic E-state index is 4.45. The number of hydrogen-bond donors (Lipinski definition) is 3. The molecule has 2 aromatic heterocycles. The molecule has 18 heavy (non-hydrogen) atoms. The van der Waals surface area contributed by atoms with Crippen molar-refractivity contribution in [2.75, 3.05) is 37.1 Å². The van der Waals surface area contributed by atoms with Crippen LogP contribution in [0.2, 0.25) is 0 Å². The first-order valence-corrected chi connectivity index (χ1v) is 5.78. The van der Waals surface area contributed by atoms with Gasteiger partial charge in [0.05, 0.1) is 23.3 Å². The van der Waals surface area contributed by atoms with E-state index in [1.54, 1.807) is 6.20 Å². The molecule has 0 saturated carbocycles. The quantitative estimate of drug-likeness (QED) is 0.769. The lowest BCUT2D eigenvalue weighted by atomic mass is 10.1. The molecule has 0 aromatic carbocycles. The lowest BCUT2D eigenvalue weighted by Crippen LogP contribution is -2.00. The van der Waals surface area contributed by atoms with Crippen LogP contribution >= 0.6 is 0 Å². The van der Waals surface area contributed by atoms with Gasteiger partial charge in [0.2, 0.25) is 0 Å². The molecule has 0 aliphatic rings. The SMILES string of the molecule is CNc1cnc(-c2cccnc2NC)cc1NC. The number of anilines is 3. The van der Waals surface area contributed by atoms with E-state index in [4.69, 9.17) is 0 Å². The Morgan fingerprint density at radius 2 is 1.72 bits per heavy atom. The highest BCUT2D eigenvalue weighted by molar-refractivity contribution is 5.78. The van der Waals surface area contributed by atoms with E-state index in [0.717, 1.165) is 28.5 Å². The number of hydrogen-bond acceptors (Lipinski definition) is 5. The molecule has 0 saturated heterocycles. The fourth-order valence-corrected chi connectivity index (χ4v) is 1.82. The third kappa shape index (κ3) is 2.20. The van der Waals surface area contributed by atoms with Gasteiger partial charge in [-0.05, 0) is 18.2 Å². The summed E-state index contributed by atoms with van der Waals surface area (Å²) in [7, 11) is 5.62. The normalized spacial score (nSPS) is 9.94. The molecule has 94 valence electrons. The highest BCUT2D eigenvalue weighted by atomic mass is 15.0. The summed E-state index contributed by atoms with van der Waals surface area (Å²) in [4.78, 5) is 8.74. The number of rotatable bonds is 4. The first kappa shape index (κ1) is 12.2. The van der Waals surface area contributed by atoms with Gasteiger partial charge in [-0.3, -0.25) is 4.98 Å². The molecule has 0 fully saturated rings. The minimum absolute atomic E-state index is 0.823. The predicted octanol–water partition coefficient (Wildman–Crippen LogP) is 2.27. The third-order valence-corrected chi connectivity index (χ3v) is 2.76. The van der Waals surface area contributed by atoms with Crippen LogP contribution in [0.5, 0.6) is 0 Å². The number of pyridine rings is 2. The summed E-state index contributed by atoms with van der Waals surface area (Å²) in [5, 5.41) is 9.32. The molecule has 5 nitrogen and oxygen atoms in total. The minimum Gasteiger partial charge on any atom is -0.386 e. The van der Waals surface area contributed by atoms with Crippen LogP contribution in [0, 0.1) is 0 Å². The van der Waals surface area contributed by atoms with E-state index in [2.05, 4.69) is 25.9 Å². The molecule has 0 unspecified atom stereocenters. The van der Waals surface area contributed by atoms with Gasteiger partial charge in [0.25, 0.3) is 0 Å². The molecule has 0 aliphatic heterocycles. The average molecular weight is 243 g/mol. The van der Waals surface area contributed by atoms with Crippen LogP contribution in [0.3, 0.4) is 0 Å². The van der Waals surface area contributed by atoms with Crippen molar-refractivity contribution in [2.45, 2.75) is 0 Å². The van der Waals surface area contributed by atoms with Gasteiger partial charge < -0.3 is 16.0 Å². The van der Waals surface area contributed by atoms with Crippen molar-refractivity contribution < 1.29 is 0 Å². The second-order valence-corrected chi connectivity index (χ2v) is 3.76. The zero-order valence-corrected chi connectivity index (χ0v) is 10.8. The largest absolute Gasteiger partial charge is 0.386 e. The van der Waals surface area contributed by atoms with E-state index in [1.807, 2.05) is 45.5 Å². The first-order chi connectivity index (χ1) is 8.80. The van der Waals surface area contributed by atoms with Crippen LogP contribution in [-0.2, 0) is 0 Å². The highest BCUT2D eigenvalue weighted by Gasteiger charge is 2.08. The fraction of sp³-hybridized carbons (Fsp3) is 0.231. The van der Waals surface area contributed by atoms with E-state index in [9.17, 15) is 0 Å². The van der Waals surface area contributed by atoms with Gasteiger partial charge in [-0.15, -0.1) is 0 Å². The molecule has 0 radical (unpaired) electrons. The molecule has 0 aliphatic carbocycles. The Kier molecular flexibility index (Phi) is 3.62. The van der Waals surface area contributed by atoms with Crippen molar-refractivity contribution in [1.29, 1.82) is 0 Å². The second kappa shape index (κ2) is 5.35. The Morgan fingerprint density at radius 1 is 0.944 bits per heavy atom. The fourth-order valence-electron chi connectivity index (χ4n) is 1.82. The predicted molar refractivity (Wildman–Crippen MR) is 76.1 cm³/mol. The van der Waals surface area contributed by atoms with Crippen molar-refractivity contribution in [1.82, 2.24) is 9.97 Å². The molecular formula is C13H17N5. The monoisotopic (exact) mass is 243 g/mol. The summed E-state index contributed by atoms with van der Waals surface area (Å²) in [5.41, 5.74) is 3.85. The lowest BCUT2D eigenvalue weighted by Gasteiger charge is -2.12. The van der Waals surface area contributed by atoms with Gasteiger partial charge in [-0.25, -0.2) is 4.98 Å². The van der Waals surface area contributed by atoms with Crippen LogP contribution in [0.25, 0.3) is 11.3 Å². The van der Waals surface area contributed by atoms with Crippen LogP contribution in [0.4, 0.5) is 17.2 Å². The zero-order chi connectivity index (χ0) is 13.0. The van der Waals surface area contributed by atoms with Crippen molar-refractivity contribution in [3.63, 3.8) is 0 Å². The molecule has 3 N–H and O–H groups in total. The van der Waals surface area contributed by atoms with Crippen molar-refractivity contribution in [3.8, 4) is 11.3 Å². The first-order valence-electron chi connectivity index (χ1n) is 5.78. The Bertz CT molecular complexity index is 539. The molecule has 0 bridgehead atoms. The second-order valence-electron chi connectivity index (χ2n) is 3.76. The van der Waals surface area contributed by atoms with E-state index < -0.39 is 0 Å². The topological polar surface area (TPSA) is 61.9 Å². The van der Waals surface area contributed by atoms with Crippen molar-refractivity contribution in [3.05, 3.63) is 30.6 Å². The lowest BCUT2D eigenvalue weighted by molar-refractivity contribution is 1.25. The molecule has 2 aromatic rings. The Labute approximate surface area is 107 Å². The number of nitrogens with zero attached hydrogens (tertiary/aromatic N) is 2.